The maximum atomic E-state index is 11.9. The Morgan fingerprint density at radius 3 is 2.60 bits per heavy atom. The third kappa shape index (κ3) is 2.45. The molecule has 6 nitrogen and oxygen atoms in total. The molecular formula is C14H14O6. The molecule has 2 aromatic rings. The van der Waals surface area contributed by atoms with Crippen molar-refractivity contribution in [3.05, 3.63) is 33.7 Å². The molecule has 1 heterocycles. The van der Waals surface area contributed by atoms with Crippen LogP contribution in [0.4, 0.5) is 0 Å². The number of ether oxygens (including phenoxy) is 1. The van der Waals surface area contributed by atoms with E-state index in [0.717, 1.165) is 6.07 Å². The first-order chi connectivity index (χ1) is 9.43. The van der Waals surface area contributed by atoms with Gasteiger partial charge in [-0.25, -0.2) is 4.79 Å². The van der Waals surface area contributed by atoms with Crippen LogP contribution in [-0.4, -0.2) is 22.8 Å². The molecule has 1 aromatic heterocycles. The third-order valence-corrected chi connectivity index (χ3v) is 3.01. The zero-order chi connectivity index (χ0) is 14.9. The first-order valence-corrected chi connectivity index (χ1v) is 6.08. The number of rotatable bonds is 3. The van der Waals surface area contributed by atoms with E-state index in [1.165, 1.54) is 6.07 Å². The molecular weight excluding hydrogens is 264 g/mol. The number of carbonyl (C=O) groups excluding carboxylic acids is 1. The van der Waals surface area contributed by atoms with E-state index in [0.29, 0.717) is 10.9 Å². The van der Waals surface area contributed by atoms with Crippen LogP contribution in [0.25, 0.3) is 11.0 Å². The quantitative estimate of drug-likeness (QED) is 0.503. The van der Waals surface area contributed by atoms with Gasteiger partial charge in [0.1, 0.15) is 5.58 Å². The number of hydrogen-bond acceptors (Lipinski definition) is 6. The number of phenols is 2. The lowest BCUT2D eigenvalue weighted by Gasteiger charge is -2.08. The molecule has 0 saturated heterocycles. The number of aromatic hydroxyl groups is 2. The van der Waals surface area contributed by atoms with Gasteiger partial charge in [-0.2, -0.15) is 0 Å². The molecule has 0 bridgehead atoms. The van der Waals surface area contributed by atoms with Gasteiger partial charge < -0.3 is 19.4 Å². The van der Waals surface area contributed by atoms with E-state index in [4.69, 9.17) is 9.15 Å². The summed E-state index contributed by atoms with van der Waals surface area (Å²) in [6, 6.07) is 2.45. The number of phenolic OH excluding ortho intramolecular Hbond substituents is 2. The Bertz CT molecular complexity index is 729. The Labute approximate surface area is 114 Å². The molecule has 0 aliphatic carbocycles. The number of aryl methyl sites for hydroxylation is 1. The van der Waals surface area contributed by atoms with Gasteiger partial charge in [0.05, 0.1) is 18.6 Å². The van der Waals surface area contributed by atoms with Gasteiger partial charge in [0, 0.05) is 11.5 Å². The number of benzene rings is 1. The zero-order valence-corrected chi connectivity index (χ0v) is 11.1. The van der Waals surface area contributed by atoms with E-state index in [-0.39, 0.29) is 35.7 Å². The van der Waals surface area contributed by atoms with Crippen molar-refractivity contribution in [3.63, 3.8) is 0 Å². The molecule has 0 aliphatic rings. The van der Waals surface area contributed by atoms with E-state index >= 15 is 0 Å². The molecule has 0 saturated carbocycles. The fraction of sp³-hybridized carbons (Fsp3) is 0.286. The summed E-state index contributed by atoms with van der Waals surface area (Å²) in [5, 5.41) is 19.4. The summed E-state index contributed by atoms with van der Waals surface area (Å²) in [6.07, 6.45) is -0.195. The molecule has 1 aromatic carbocycles. The molecule has 0 fully saturated rings. The Kier molecular flexibility index (Phi) is 3.65. The van der Waals surface area contributed by atoms with Crippen molar-refractivity contribution in [2.75, 3.05) is 6.61 Å². The monoisotopic (exact) mass is 278 g/mol. The fourth-order valence-corrected chi connectivity index (χ4v) is 1.97. The predicted molar refractivity (Wildman–Crippen MR) is 70.9 cm³/mol. The lowest BCUT2D eigenvalue weighted by atomic mass is 10.0. The molecule has 2 N–H and O–H groups in total. The van der Waals surface area contributed by atoms with Crippen LogP contribution in [0, 0.1) is 6.92 Å². The Morgan fingerprint density at radius 1 is 1.30 bits per heavy atom. The molecule has 0 spiro atoms. The highest BCUT2D eigenvalue weighted by molar-refractivity contribution is 5.85. The van der Waals surface area contributed by atoms with Crippen LogP contribution < -0.4 is 5.63 Å². The van der Waals surface area contributed by atoms with Crippen molar-refractivity contribution in [1.82, 2.24) is 0 Å². The third-order valence-electron chi connectivity index (χ3n) is 3.01. The van der Waals surface area contributed by atoms with Crippen LogP contribution in [0.3, 0.4) is 0 Å². The minimum atomic E-state index is -0.659. The number of fused-ring (bicyclic) bond motifs is 1. The average Bonchev–Trinajstić information content (AvgIpc) is 2.38. The first-order valence-electron chi connectivity index (χ1n) is 6.08. The minimum Gasteiger partial charge on any atom is -0.504 e. The van der Waals surface area contributed by atoms with Gasteiger partial charge in [-0.15, -0.1) is 0 Å². The fourth-order valence-electron chi connectivity index (χ4n) is 1.97. The van der Waals surface area contributed by atoms with Crippen LogP contribution in [0.2, 0.25) is 0 Å². The molecule has 2 rings (SSSR count). The smallest absolute Gasteiger partial charge is 0.340 e. The van der Waals surface area contributed by atoms with E-state index in [2.05, 4.69) is 0 Å². The van der Waals surface area contributed by atoms with Crippen LogP contribution in [0.15, 0.2) is 21.3 Å². The molecule has 0 radical (unpaired) electrons. The molecule has 0 unspecified atom stereocenters. The number of carbonyl (C=O) groups is 1. The van der Waals surface area contributed by atoms with Crippen LogP contribution in [-0.2, 0) is 16.0 Å². The lowest BCUT2D eigenvalue weighted by molar-refractivity contribution is -0.142. The summed E-state index contributed by atoms with van der Waals surface area (Å²) >= 11 is 0. The molecule has 106 valence electrons. The zero-order valence-electron chi connectivity index (χ0n) is 11.1. The van der Waals surface area contributed by atoms with Gasteiger partial charge >= 0.3 is 11.6 Å². The van der Waals surface area contributed by atoms with Crippen LogP contribution in [0.5, 0.6) is 11.5 Å². The highest BCUT2D eigenvalue weighted by Gasteiger charge is 2.17. The maximum Gasteiger partial charge on any atom is 0.340 e. The molecule has 6 heteroatoms. The SMILES string of the molecule is CCOC(=O)Cc1c(C)c2cc(O)c(O)cc2oc1=O. The maximum absolute atomic E-state index is 11.9. The molecule has 0 aliphatic heterocycles. The van der Waals surface area contributed by atoms with Gasteiger partial charge in [0.2, 0.25) is 0 Å². The summed E-state index contributed by atoms with van der Waals surface area (Å²) in [5.74, 6) is -1.22. The highest BCUT2D eigenvalue weighted by Crippen LogP contribution is 2.31. The summed E-state index contributed by atoms with van der Waals surface area (Å²) in [6.45, 7) is 3.55. The highest BCUT2D eigenvalue weighted by atomic mass is 16.5. The van der Waals surface area contributed by atoms with E-state index < -0.39 is 11.6 Å². The van der Waals surface area contributed by atoms with Crippen LogP contribution in [0.1, 0.15) is 18.1 Å². The molecule has 0 amide bonds. The van der Waals surface area contributed by atoms with E-state index in [1.54, 1.807) is 13.8 Å². The summed E-state index contributed by atoms with van der Waals surface area (Å²) in [4.78, 5) is 23.4. The Balaban J connectivity index is 2.59. The van der Waals surface area contributed by atoms with Crippen molar-refractivity contribution in [2.45, 2.75) is 20.3 Å². The summed E-state index contributed by atoms with van der Waals surface area (Å²) in [5.41, 5.74) is 0.184. The normalized spacial score (nSPS) is 10.7. The van der Waals surface area contributed by atoms with E-state index in [1.807, 2.05) is 0 Å². The number of esters is 1. The minimum absolute atomic E-state index is 0.149. The Hall–Kier alpha value is -2.50. The van der Waals surface area contributed by atoms with Gasteiger partial charge in [-0.05, 0) is 25.5 Å². The van der Waals surface area contributed by atoms with Crippen LogP contribution >= 0.6 is 0 Å². The lowest BCUT2D eigenvalue weighted by Crippen LogP contribution is -2.17. The van der Waals surface area contributed by atoms with Gasteiger partial charge in [0.25, 0.3) is 0 Å². The first kappa shape index (κ1) is 13.9. The topological polar surface area (TPSA) is 97.0 Å². The van der Waals surface area contributed by atoms with Gasteiger partial charge in [-0.3, -0.25) is 4.79 Å². The standard InChI is InChI=1S/C14H14O6/c1-3-19-13(17)5-9-7(2)8-4-10(15)11(16)6-12(8)20-14(9)18/h4,6,15-16H,3,5H2,1-2H3. The Morgan fingerprint density at radius 2 is 1.95 bits per heavy atom. The predicted octanol–water partition coefficient (Wildman–Crippen LogP) is 1.62. The van der Waals surface area contributed by atoms with Gasteiger partial charge in [-0.1, -0.05) is 0 Å². The summed E-state index contributed by atoms with van der Waals surface area (Å²) < 4.78 is 9.86. The largest absolute Gasteiger partial charge is 0.504 e. The molecule has 20 heavy (non-hydrogen) atoms. The van der Waals surface area contributed by atoms with Gasteiger partial charge in [0.15, 0.2) is 11.5 Å². The van der Waals surface area contributed by atoms with E-state index in [9.17, 15) is 19.8 Å². The van der Waals surface area contributed by atoms with Crippen molar-refractivity contribution in [2.24, 2.45) is 0 Å². The second-order valence-corrected chi connectivity index (χ2v) is 4.31. The summed E-state index contributed by atoms with van der Waals surface area (Å²) in [7, 11) is 0. The van der Waals surface area contributed by atoms with Crippen molar-refractivity contribution >= 4 is 16.9 Å². The van der Waals surface area contributed by atoms with Crippen molar-refractivity contribution in [1.29, 1.82) is 0 Å². The second kappa shape index (κ2) is 5.24. The van der Waals surface area contributed by atoms with Crippen molar-refractivity contribution in [3.8, 4) is 11.5 Å². The number of hydrogen-bond donors (Lipinski definition) is 2. The second-order valence-electron chi connectivity index (χ2n) is 4.31. The molecule has 0 atom stereocenters. The average molecular weight is 278 g/mol. The van der Waals surface area contributed by atoms with Crippen molar-refractivity contribution < 1.29 is 24.2 Å².